The molecule has 26 heavy (non-hydrogen) atoms. The van der Waals surface area contributed by atoms with Crippen LogP contribution < -0.4 is 5.69 Å². The van der Waals surface area contributed by atoms with Gasteiger partial charge in [-0.25, -0.2) is 14.0 Å². The van der Waals surface area contributed by atoms with Crippen LogP contribution in [-0.2, 0) is 7.05 Å². The molecule has 1 aliphatic rings. The largest absolute Gasteiger partial charge is 0.357 e. The summed E-state index contributed by atoms with van der Waals surface area (Å²) in [6, 6.07) is 13.1. The molecule has 1 saturated heterocycles. The Morgan fingerprint density at radius 3 is 2.73 bits per heavy atom. The lowest BCUT2D eigenvalue weighted by Gasteiger charge is -2.32. The quantitative estimate of drug-likeness (QED) is 0.783. The van der Waals surface area contributed by atoms with Crippen molar-refractivity contribution in [2.24, 2.45) is 7.05 Å². The number of aromatic nitrogens is 4. The first-order valence-corrected chi connectivity index (χ1v) is 8.79. The number of H-pyrrole nitrogens is 1. The van der Waals surface area contributed by atoms with Gasteiger partial charge in [0.15, 0.2) is 0 Å². The molecule has 1 unspecified atom stereocenters. The first-order valence-electron chi connectivity index (χ1n) is 8.79. The van der Waals surface area contributed by atoms with Crippen molar-refractivity contribution in [3.63, 3.8) is 0 Å². The van der Waals surface area contributed by atoms with E-state index in [4.69, 9.17) is 0 Å². The molecule has 2 aromatic heterocycles. The maximum Gasteiger partial charge on any atom is 0.350 e. The molecule has 0 spiro atoms. The van der Waals surface area contributed by atoms with Gasteiger partial charge in [-0.1, -0.05) is 18.2 Å². The predicted octanol–water partition coefficient (Wildman–Crippen LogP) is 1.92. The number of carbonyl (C=O) groups is 1. The van der Waals surface area contributed by atoms with Crippen LogP contribution in [0, 0.1) is 0 Å². The highest BCUT2D eigenvalue weighted by atomic mass is 16.2. The highest BCUT2D eigenvalue weighted by Crippen LogP contribution is 2.27. The second-order valence-electron chi connectivity index (χ2n) is 6.61. The van der Waals surface area contributed by atoms with E-state index < -0.39 is 0 Å². The van der Waals surface area contributed by atoms with Crippen LogP contribution in [-0.4, -0.2) is 43.2 Å². The molecule has 3 heterocycles. The Morgan fingerprint density at radius 1 is 1.19 bits per heavy atom. The minimum atomic E-state index is -0.168. The van der Waals surface area contributed by atoms with Gasteiger partial charge in [-0.05, 0) is 37.1 Å². The van der Waals surface area contributed by atoms with E-state index in [1.165, 1.54) is 4.68 Å². The molecule has 1 amide bonds. The molecule has 3 aromatic rings. The molecule has 1 atom stereocenters. The van der Waals surface area contributed by atoms with Crippen molar-refractivity contribution < 1.29 is 4.79 Å². The topological polar surface area (TPSA) is 75.9 Å². The number of nitrogens with zero attached hydrogens (tertiary/aromatic N) is 4. The second-order valence-corrected chi connectivity index (χ2v) is 6.61. The van der Waals surface area contributed by atoms with Crippen molar-refractivity contribution in [1.29, 1.82) is 0 Å². The van der Waals surface area contributed by atoms with Crippen molar-refractivity contribution >= 4 is 5.91 Å². The number of carbonyl (C=O) groups excluding carboxylic acids is 1. The molecule has 7 heteroatoms. The first kappa shape index (κ1) is 16.4. The molecule has 0 bridgehead atoms. The van der Waals surface area contributed by atoms with E-state index in [1.54, 1.807) is 23.9 Å². The number of rotatable bonds is 3. The molecule has 0 saturated carbocycles. The molecular formula is C19H21N5O2. The van der Waals surface area contributed by atoms with Gasteiger partial charge >= 0.3 is 5.69 Å². The third kappa shape index (κ3) is 2.85. The van der Waals surface area contributed by atoms with Crippen molar-refractivity contribution in [3.8, 4) is 5.69 Å². The Hall–Kier alpha value is -3.09. The Morgan fingerprint density at radius 2 is 2.00 bits per heavy atom. The fraction of sp³-hybridized carbons (Fsp3) is 0.316. The fourth-order valence-corrected chi connectivity index (χ4v) is 3.57. The van der Waals surface area contributed by atoms with Crippen LogP contribution in [0.25, 0.3) is 5.69 Å². The highest BCUT2D eigenvalue weighted by molar-refractivity contribution is 5.92. The van der Waals surface area contributed by atoms with E-state index in [0.29, 0.717) is 18.1 Å². The Labute approximate surface area is 150 Å². The van der Waals surface area contributed by atoms with E-state index >= 15 is 0 Å². The molecule has 4 rings (SSSR count). The molecule has 1 N–H and O–H groups in total. The summed E-state index contributed by atoms with van der Waals surface area (Å²) in [5.41, 5.74) is 1.22. The number of aryl methyl sites for hydroxylation is 1. The lowest BCUT2D eigenvalue weighted by Crippen LogP contribution is -2.40. The van der Waals surface area contributed by atoms with Crippen LogP contribution in [0.4, 0.5) is 0 Å². The standard InChI is InChI=1S/C19H21N5O2/c1-22-19(26)24(15-8-3-2-4-9-15)17(21-22)14-7-6-12-23(13-14)18(25)16-10-5-11-20-16/h2-5,8-11,14,20H,6-7,12-13H2,1H3. The zero-order chi connectivity index (χ0) is 18.1. The molecule has 1 aromatic carbocycles. The van der Waals surface area contributed by atoms with Crippen LogP contribution in [0.3, 0.4) is 0 Å². The molecule has 1 fully saturated rings. The number of benzene rings is 1. The van der Waals surface area contributed by atoms with Gasteiger partial charge in [0.2, 0.25) is 0 Å². The van der Waals surface area contributed by atoms with Crippen molar-refractivity contribution in [1.82, 2.24) is 24.2 Å². The lowest BCUT2D eigenvalue weighted by molar-refractivity contribution is 0.0698. The van der Waals surface area contributed by atoms with E-state index in [-0.39, 0.29) is 17.5 Å². The van der Waals surface area contributed by atoms with Crippen molar-refractivity contribution in [2.45, 2.75) is 18.8 Å². The van der Waals surface area contributed by atoms with Crippen LogP contribution in [0.15, 0.2) is 53.5 Å². The van der Waals surface area contributed by atoms with Crippen molar-refractivity contribution in [3.05, 3.63) is 70.7 Å². The van der Waals surface area contributed by atoms with Gasteiger partial charge in [0.25, 0.3) is 5.91 Å². The molecular weight excluding hydrogens is 330 g/mol. The summed E-state index contributed by atoms with van der Waals surface area (Å²) in [7, 11) is 1.66. The average Bonchev–Trinajstić information content (AvgIpc) is 3.31. The third-order valence-electron chi connectivity index (χ3n) is 4.87. The van der Waals surface area contributed by atoms with Gasteiger partial charge in [-0.15, -0.1) is 0 Å². The second kappa shape index (κ2) is 6.67. The van der Waals surface area contributed by atoms with E-state index in [9.17, 15) is 9.59 Å². The zero-order valence-electron chi connectivity index (χ0n) is 14.6. The van der Waals surface area contributed by atoms with Gasteiger partial charge < -0.3 is 9.88 Å². The molecule has 1 aliphatic heterocycles. The molecule has 0 aliphatic carbocycles. The predicted molar refractivity (Wildman–Crippen MR) is 97.5 cm³/mol. The number of piperidine rings is 1. The Kier molecular flexibility index (Phi) is 4.20. The molecule has 0 radical (unpaired) electrons. The zero-order valence-corrected chi connectivity index (χ0v) is 14.6. The van der Waals surface area contributed by atoms with Crippen LogP contribution >= 0.6 is 0 Å². The summed E-state index contributed by atoms with van der Waals surface area (Å²) in [5.74, 6) is 0.730. The van der Waals surface area contributed by atoms with E-state index in [1.807, 2.05) is 41.3 Å². The summed E-state index contributed by atoms with van der Waals surface area (Å²) in [6.07, 6.45) is 3.54. The van der Waals surface area contributed by atoms with Crippen LogP contribution in [0.1, 0.15) is 35.1 Å². The first-order chi connectivity index (χ1) is 12.6. The molecule has 7 nitrogen and oxygen atoms in total. The highest BCUT2D eigenvalue weighted by Gasteiger charge is 2.30. The maximum absolute atomic E-state index is 12.7. The number of hydrogen-bond acceptors (Lipinski definition) is 3. The number of aromatic amines is 1. The van der Waals surface area contributed by atoms with E-state index in [0.717, 1.165) is 25.1 Å². The maximum atomic E-state index is 12.7. The summed E-state index contributed by atoms with van der Waals surface area (Å²) in [6.45, 7) is 1.28. The van der Waals surface area contributed by atoms with E-state index in [2.05, 4.69) is 10.1 Å². The van der Waals surface area contributed by atoms with Gasteiger partial charge in [-0.3, -0.25) is 4.79 Å². The van der Waals surface area contributed by atoms with Gasteiger partial charge in [-0.2, -0.15) is 5.10 Å². The number of hydrogen-bond donors (Lipinski definition) is 1. The summed E-state index contributed by atoms with van der Waals surface area (Å²) in [5, 5.41) is 4.49. The third-order valence-corrected chi connectivity index (χ3v) is 4.87. The minimum Gasteiger partial charge on any atom is -0.357 e. The lowest BCUT2D eigenvalue weighted by atomic mass is 9.96. The van der Waals surface area contributed by atoms with Crippen LogP contribution in [0.2, 0.25) is 0 Å². The number of nitrogens with one attached hydrogen (secondary N) is 1. The smallest absolute Gasteiger partial charge is 0.350 e. The van der Waals surface area contributed by atoms with Gasteiger partial charge in [0.1, 0.15) is 11.5 Å². The average molecular weight is 351 g/mol. The van der Waals surface area contributed by atoms with Crippen molar-refractivity contribution in [2.75, 3.05) is 13.1 Å². The van der Waals surface area contributed by atoms with Crippen LogP contribution in [0.5, 0.6) is 0 Å². The van der Waals surface area contributed by atoms with Gasteiger partial charge in [0, 0.05) is 32.3 Å². The minimum absolute atomic E-state index is 0.00996. The summed E-state index contributed by atoms with van der Waals surface area (Å²) >= 11 is 0. The Bertz CT molecular complexity index is 956. The monoisotopic (exact) mass is 351 g/mol. The number of likely N-dealkylation sites (tertiary alicyclic amines) is 1. The SMILES string of the molecule is Cn1nc(C2CCCN(C(=O)c3ccc[nH]3)C2)n(-c2ccccc2)c1=O. The normalized spacial score (nSPS) is 17.4. The Balaban J connectivity index is 1.67. The fourth-order valence-electron chi connectivity index (χ4n) is 3.57. The number of amides is 1. The molecule has 134 valence electrons. The summed E-state index contributed by atoms with van der Waals surface area (Å²) < 4.78 is 3.03. The van der Waals surface area contributed by atoms with Gasteiger partial charge in [0.05, 0.1) is 5.69 Å². The summed E-state index contributed by atoms with van der Waals surface area (Å²) in [4.78, 5) is 30.1. The number of para-hydroxylation sites is 1.